The summed E-state index contributed by atoms with van der Waals surface area (Å²) in [5.74, 6) is 1.49. The van der Waals surface area contributed by atoms with Gasteiger partial charge in [-0.15, -0.1) is 0 Å². The van der Waals surface area contributed by atoms with Crippen LogP contribution in [0, 0.1) is 0 Å². The number of nitrogens with zero attached hydrogens (tertiary/aromatic N) is 6. The van der Waals surface area contributed by atoms with Gasteiger partial charge in [0.25, 0.3) is 0 Å². The standard InChI is InChI=1S/C60H44N8O2/c1-59(2,3)35-24-22-32-28-42-43(29-33(32)25-35)55-62-52-40-16-12-20-48-50(40)58(67-52)68-57-49-39(15-11-19-47(49)69-45-17-9-7-13-37(45)38-14-8-10-18-46(38)70-48)51(66-57)61-53-41-27-31-21-23-36(60(4,5)6)26-34(31)30-44(41)56(63-53)65-54(42)64-55/h7-30H,1-6H3,(H2,61,62,63,64,65,66,67,68). The molecule has 336 valence electrons. The molecule has 0 saturated heterocycles. The fourth-order valence-corrected chi connectivity index (χ4v) is 10.2. The van der Waals surface area contributed by atoms with Gasteiger partial charge in [-0.05, 0) is 92.0 Å². The van der Waals surface area contributed by atoms with Crippen LogP contribution >= 0.6 is 0 Å². The molecular weight excluding hydrogens is 865 g/mol. The summed E-state index contributed by atoms with van der Waals surface area (Å²) in [5.41, 5.74) is 10.2. The van der Waals surface area contributed by atoms with Gasteiger partial charge >= 0.3 is 0 Å². The number of hydrogen-bond acceptors (Lipinski definition) is 8. The topological polar surface area (TPSA) is 135 Å². The lowest BCUT2D eigenvalue weighted by Crippen LogP contribution is -2.10. The molecule has 11 aromatic rings. The quantitative estimate of drug-likeness (QED) is 0.154. The van der Waals surface area contributed by atoms with Gasteiger partial charge in [0, 0.05) is 43.4 Å². The summed E-state index contributed by atoms with van der Waals surface area (Å²) in [4.78, 5) is 39.6. The van der Waals surface area contributed by atoms with Gasteiger partial charge in [-0.1, -0.05) is 139 Å². The molecule has 70 heavy (non-hydrogen) atoms. The van der Waals surface area contributed by atoms with Crippen molar-refractivity contribution in [2.75, 3.05) is 0 Å². The normalized spacial score (nSPS) is 12.7. The molecule has 0 unspecified atom stereocenters. The van der Waals surface area contributed by atoms with Crippen molar-refractivity contribution in [2.24, 2.45) is 0 Å². The summed E-state index contributed by atoms with van der Waals surface area (Å²) in [6.07, 6.45) is 0. The average Bonchev–Trinajstić information content (AvgIpc) is 4.08. The van der Waals surface area contributed by atoms with E-state index in [9.17, 15) is 0 Å². The molecule has 10 heteroatoms. The number of nitrogens with one attached hydrogen (secondary N) is 2. The van der Waals surface area contributed by atoms with E-state index in [0.717, 1.165) is 70.4 Å². The third-order valence-electron chi connectivity index (χ3n) is 14.0. The van der Waals surface area contributed by atoms with Crippen LogP contribution in [0.15, 0.2) is 154 Å². The number of fused-ring (bicyclic) bond motifs is 19. The molecule has 8 bridgehead atoms. The fraction of sp³-hybridized carbons (Fsp3) is 0.133. The van der Waals surface area contributed by atoms with Crippen molar-refractivity contribution in [1.29, 1.82) is 0 Å². The van der Waals surface area contributed by atoms with Crippen molar-refractivity contribution in [2.45, 2.75) is 52.4 Å². The number of benzene rings is 8. The highest BCUT2D eigenvalue weighted by Gasteiger charge is 2.25. The van der Waals surface area contributed by atoms with Crippen molar-refractivity contribution >= 4 is 110 Å². The van der Waals surface area contributed by atoms with Gasteiger partial charge in [0.2, 0.25) is 0 Å². The predicted molar refractivity (Wildman–Crippen MR) is 284 cm³/mol. The molecule has 3 aromatic heterocycles. The number of para-hydroxylation sites is 2. The van der Waals surface area contributed by atoms with E-state index in [1.54, 1.807) is 0 Å². The Balaban J connectivity index is 1.21. The van der Waals surface area contributed by atoms with Gasteiger partial charge in [-0.3, -0.25) is 0 Å². The Hall–Kier alpha value is -8.76. The number of aromatic nitrogens is 8. The summed E-state index contributed by atoms with van der Waals surface area (Å²) in [5, 5.41) is 10.3. The summed E-state index contributed by atoms with van der Waals surface area (Å²) >= 11 is 0. The van der Waals surface area contributed by atoms with E-state index in [1.165, 1.54) is 11.1 Å². The molecule has 0 atom stereocenters. The van der Waals surface area contributed by atoms with Gasteiger partial charge in [0.05, 0.1) is 10.9 Å². The van der Waals surface area contributed by atoms with Crippen molar-refractivity contribution in [3.8, 4) is 34.2 Å². The third kappa shape index (κ3) is 6.25. The van der Waals surface area contributed by atoms with Crippen molar-refractivity contribution < 1.29 is 8.83 Å². The number of rotatable bonds is 0. The molecule has 8 aromatic carbocycles. The van der Waals surface area contributed by atoms with E-state index in [2.05, 4.69) is 124 Å². The van der Waals surface area contributed by atoms with Crippen LogP contribution in [0.3, 0.4) is 0 Å². The average molecular weight is 909 g/mol. The first kappa shape index (κ1) is 40.3. The van der Waals surface area contributed by atoms with Crippen LogP contribution in [0.2, 0.25) is 0 Å². The Bertz CT molecular complexity index is 4580. The van der Waals surface area contributed by atoms with Gasteiger partial charge in [0.15, 0.2) is 23.1 Å². The predicted octanol–water partition coefficient (Wildman–Crippen LogP) is 15.6. The van der Waals surface area contributed by atoms with E-state index in [-0.39, 0.29) is 10.8 Å². The lowest BCUT2D eigenvalue weighted by molar-refractivity contribution is 0.591. The minimum absolute atomic E-state index is 0.0367. The first-order chi connectivity index (χ1) is 33.9. The molecule has 0 saturated carbocycles. The molecule has 14 rings (SSSR count). The Morgan fingerprint density at radius 3 is 1.51 bits per heavy atom. The highest BCUT2D eigenvalue weighted by Crippen LogP contribution is 2.41. The minimum Gasteiger partial charge on any atom is -0.456 e. The Kier molecular flexibility index (Phi) is 8.28. The molecule has 0 spiro atoms. The van der Waals surface area contributed by atoms with Gasteiger partial charge in [0.1, 0.15) is 44.9 Å². The highest BCUT2D eigenvalue weighted by molar-refractivity contribution is 6.14. The number of H-pyrrole nitrogens is 2. The van der Waals surface area contributed by atoms with E-state index in [1.807, 2.05) is 72.8 Å². The number of aromatic amines is 2. The smallest absolute Gasteiger partial charge is 0.168 e. The molecule has 0 fully saturated rings. The molecule has 10 nitrogen and oxygen atoms in total. The SMILES string of the molecule is CC(C)(C)c1ccc2cc3c(cc2c1)-c1nc-3nc2[nH]c3nc4nc(nc5[nH]c(n1)c1cc6ccc(C(C)(C)C)cc6cc51)c1cccc(oc5ccccc5c5ccccc5oc5cccc2c35)c1-4. The number of hydrogen-bond donors (Lipinski definition) is 2. The molecule has 3 aliphatic rings. The maximum atomic E-state index is 6.99. The Labute approximate surface area is 400 Å². The van der Waals surface area contributed by atoms with Gasteiger partial charge < -0.3 is 18.8 Å². The molecule has 3 aliphatic heterocycles. The monoisotopic (exact) mass is 908 g/mol. The molecule has 6 heterocycles. The summed E-state index contributed by atoms with van der Waals surface area (Å²) < 4.78 is 14.0. The Morgan fingerprint density at radius 1 is 0.357 bits per heavy atom. The summed E-state index contributed by atoms with van der Waals surface area (Å²) in [6.45, 7) is 13.4. The van der Waals surface area contributed by atoms with Crippen molar-refractivity contribution in [3.05, 3.63) is 157 Å². The van der Waals surface area contributed by atoms with Crippen LogP contribution in [0.25, 0.3) is 144 Å². The van der Waals surface area contributed by atoms with E-state index >= 15 is 0 Å². The largest absolute Gasteiger partial charge is 0.456 e. The second kappa shape index (κ2) is 14.4. The van der Waals surface area contributed by atoms with Gasteiger partial charge in [-0.25, -0.2) is 29.9 Å². The van der Waals surface area contributed by atoms with E-state index < -0.39 is 0 Å². The minimum atomic E-state index is -0.0396. The molecule has 2 N–H and O–H groups in total. The van der Waals surface area contributed by atoms with Crippen LogP contribution < -0.4 is 0 Å². The lowest BCUT2D eigenvalue weighted by Gasteiger charge is -2.19. The van der Waals surface area contributed by atoms with Crippen LogP contribution in [0.5, 0.6) is 0 Å². The second-order valence-electron chi connectivity index (χ2n) is 20.6. The van der Waals surface area contributed by atoms with Crippen LogP contribution in [0.1, 0.15) is 52.7 Å². The van der Waals surface area contributed by atoms with Crippen molar-refractivity contribution in [3.63, 3.8) is 0 Å². The molecule has 0 aliphatic carbocycles. The zero-order valence-electron chi connectivity index (χ0n) is 39.4. The molecular formula is C60H44N8O2. The zero-order chi connectivity index (χ0) is 47.2. The summed E-state index contributed by atoms with van der Waals surface area (Å²) in [7, 11) is 0. The highest BCUT2D eigenvalue weighted by atomic mass is 16.3. The lowest BCUT2D eigenvalue weighted by atomic mass is 9.85. The van der Waals surface area contributed by atoms with E-state index in [4.69, 9.17) is 38.7 Å². The molecule has 0 amide bonds. The zero-order valence-corrected chi connectivity index (χ0v) is 39.4. The maximum absolute atomic E-state index is 6.99. The van der Waals surface area contributed by atoms with Gasteiger partial charge in [-0.2, -0.15) is 0 Å². The first-order valence-corrected chi connectivity index (χ1v) is 23.7. The maximum Gasteiger partial charge on any atom is 0.168 e. The Morgan fingerprint density at radius 2 is 0.843 bits per heavy atom. The first-order valence-electron chi connectivity index (χ1n) is 23.7. The van der Waals surface area contributed by atoms with E-state index in [0.29, 0.717) is 73.6 Å². The van der Waals surface area contributed by atoms with Crippen LogP contribution in [-0.2, 0) is 10.8 Å². The molecule has 0 radical (unpaired) electrons. The summed E-state index contributed by atoms with van der Waals surface area (Å²) in [6, 6.07) is 50.2. The third-order valence-corrected chi connectivity index (χ3v) is 14.0. The fourth-order valence-electron chi connectivity index (χ4n) is 10.2. The van der Waals surface area contributed by atoms with Crippen LogP contribution in [0.4, 0.5) is 0 Å². The second-order valence-corrected chi connectivity index (χ2v) is 20.6. The van der Waals surface area contributed by atoms with Crippen LogP contribution in [-0.4, -0.2) is 39.9 Å². The van der Waals surface area contributed by atoms with Crippen molar-refractivity contribution in [1.82, 2.24) is 39.9 Å².